The zero-order valence-corrected chi connectivity index (χ0v) is 9.59. The minimum Gasteiger partial charge on any atom is -0.375 e. The second-order valence-electron chi connectivity index (χ2n) is 3.27. The minimum absolute atomic E-state index is 0.0788. The van der Waals surface area contributed by atoms with Crippen LogP contribution in [0.4, 0.5) is 15.8 Å². The maximum atomic E-state index is 10.8. The number of aromatic nitrogens is 1. The molecule has 0 radical (unpaired) electrons. The summed E-state index contributed by atoms with van der Waals surface area (Å²) >= 11 is 0.762. The van der Waals surface area contributed by atoms with E-state index in [2.05, 4.69) is 4.98 Å². The van der Waals surface area contributed by atoms with Crippen molar-refractivity contribution in [3.63, 3.8) is 0 Å². The quantitative estimate of drug-likeness (QED) is 0.670. The molecule has 8 nitrogen and oxygen atoms in total. The normalized spacial score (nSPS) is 10.2. The molecule has 0 aliphatic carbocycles. The predicted molar refractivity (Wildman–Crippen MR) is 65.3 cm³/mol. The smallest absolute Gasteiger partial charge is 0.353 e. The Morgan fingerprint density at radius 3 is 2.22 bits per heavy atom. The summed E-state index contributed by atoms with van der Waals surface area (Å²) in [6.45, 7) is 0. The van der Waals surface area contributed by atoms with Crippen molar-refractivity contribution >= 4 is 27.2 Å². The van der Waals surface area contributed by atoms with Gasteiger partial charge in [0, 0.05) is 17.7 Å². The number of anilines is 1. The molecule has 2 aromatic rings. The van der Waals surface area contributed by atoms with Crippen molar-refractivity contribution in [3.05, 3.63) is 44.5 Å². The van der Waals surface area contributed by atoms with E-state index in [0.717, 1.165) is 11.3 Å². The third-order valence-corrected chi connectivity index (χ3v) is 2.98. The van der Waals surface area contributed by atoms with E-state index in [1.807, 2.05) is 0 Å². The highest BCUT2D eigenvalue weighted by molar-refractivity contribution is 7.19. The number of nitro benzene ring substituents is 1. The van der Waals surface area contributed by atoms with Gasteiger partial charge in [-0.1, -0.05) is 0 Å². The van der Waals surface area contributed by atoms with Crippen LogP contribution in [0.3, 0.4) is 0 Å². The maximum absolute atomic E-state index is 10.8. The number of hydrogen-bond donors (Lipinski definition) is 1. The van der Waals surface area contributed by atoms with E-state index in [-0.39, 0.29) is 21.5 Å². The Kier molecular flexibility index (Phi) is 2.90. The lowest BCUT2D eigenvalue weighted by Gasteiger charge is -1.96. The highest BCUT2D eigenvalue weighted by Gasteiger charge is 2.22. The molecule has 2 rings (SSSR count). The van der Waals surface area contributed by atoms with Crippen molar-refractivity contribution in [1.29, 1.82) is 0 Å². The maximum Gasteiger partial charge on any atom is 0.353 e. The second kappa shape index (κ2) is 4.37. The number of nitrogens with zero attached hydrogens (tertiary/aromatic N) is 3. The topological polar surface area (TPSA) is 125 Å². The van der Waals surface area contributed by atoms with Crippen molar-refractivity contribution in [3.8, 4) is 11.3 Å². The predicted octanol–water partition coefficient (Wildman–Crippen LogP) is 2.21. The minimum atomic E-state index is -0.579. The lowest BCUT2D eigenvalue weighted by molar-refractivity contribution is -0.384. The molecule has 0 saturated heterocycles. The molecular formula is C9H6N4O4S. The summed E-state index contributed by atoms with van der Waals surface area (Å²) in [6, 6.07) is 5.32. The molecule has 0 fully saturated rings. The van der Waals surface area contributed by atoms with Gasteiger partial charge in [0.05, 0.1) is 9.85 Å². The van der Waals surface area contributed by atoms with Gasteiger partial charge in [-0.2, -0.15) is 0 Å². The van der Waals surface area contributed by atoms with Crippen molar-refractivity contribution in [2.45, 2.75) is 0 Å². The molecular weight excluding hydrogens is 260 g/mol. The van der Waals surface area contributed by atoms with Crippen LogP contribution in [0.15, 0.2) is 24.3 Å². The highest BCUT2D eigenvalue weighted by atomic mass is 32.1. The molecule has 92 valence electrons. The number of nitrogen functional groups attached to an aromatic ring is 1. The lowest BCUT2D eigenvalue weighted by atomic mass is 10.1. The first-order chi connectivity index (χ1) is 8.49. The summed E-state index contributed by atoms with van der Waals surface area (Å²) in [5.41, 5.74) is 5.87. The molecule has 0 aliphatic heterocycles. The molecule has 18 heavy (non-hydrogen) atoms. The van der Waals surface area contributed by atoms with Crippen LogP contribution in [0.2, 0.25) is 0 Å². The lowest BCUT2D eigenvalue weighted by Crippen LogP contribution is -1.90. The Morgan fingerprint density at radius 1 is 1.11 bits per heavy atom. The molecule has 1 aromatic heterocycles. The first-order valence-electron chi connectivity index (χ1n) is 4.64. The number of benzene rings is 1. The number of hydrogen-bond acceptors (Lipinski definition) is 7. The van der Waals surface area contributed by atoms with E-state index >= 15 is 0 Å². The molecule has 1 aromatic carbocycles. The SMILES string of the molecule is Nc1nc(-c2ccc([N+](=O)[O-])cc2)c([N+](=O)[O-])s1. The zero-order valence-electron chi connectivity index (χ0n) is 8.77. The highest BCUT2D eigenvalue weighted by Crippen LogP contribution is 2.36. The fourth-order valence-electron chi connectivity index (χ4n) is 1.38. The second-order valence-corrected chi connectivity index (χ2v) is 4.28. The molecule has 0 amide bonds. The van der Waals surface area contributed by atoms with Gasteiger partial charge in [-0.15, -0.1) is 0 Å². The average Bonchev–Trinajstić information content (AvgIpc) is 2.71. The van der Waals surface area contributed by atoms with Crippen molar-refractivity contribution in [1.82, 2.24) is 4.98 Å². The van der Waals surface area contributed by atoms with Crippen LogP contribution in [-0.2, 0) is 0 Å². The molecule has 0 unspecified atom stereocenters. The van der Waals surface area contributed by atoms with Crippen molar-refractivity contribution in [2.24, 2.45) is 0 Å². The molecule has 0 aliphatic rings. The van der Waals surface area contributed by atoms with E-state index in [0.29, 0.717) is 5.56 Å². The van der Waals surface area contributed by atoms with Crippen LogP contribution >= 0.6 is 11.3 Å². The summed E-state index contributed by atoms with van der Waals surface area (Å²) in [5, 5.41) is 21.2. The first kappa shape index (κ1) is 11.9. The van der Waals surface area contributed by atoms with Gasteiger partial charge in [0.25, 0.3) is 5.69 Å². The fraction of sp³-hybridized carbons (Fsp3) is 0. The molecule has 0 saturated carbocycles. The van der Waals surface area contributed by atoms with Gasteiger partial charge in [-0.05, 0) is 23.5 Å². The van der Waals surface area contributed by atoms with Gasteiger partial charge in [-0.3, -0.25) is 20.2 Å². The van der Waals surface area contributed by atoms with Gasteiger partial charge < -0.3 is 5.73 Å². The summed E-state index contributed by atoms with van der Waals surface area (Å²) < 4.78 is 0. The first-order valence-corrected chi connectivity index (χ1v) is 5.46. The number of nitro groups is 2. The molecule has 2 N–H and O–H groups in total. The average molecular weight is 266 g/mol. The van der Waals surface area contributed by atoms with E-state index < -0.39 is 9.85 Å². The van der Waals surface area contributed by atoms with Gasteiger partial charge in [0.2, 0.25) is 0 Å². The Hall–Kier alpha value is -2.55. The molecule has 0 spiro atoms. The van der Waals surface area contributed by atoms with Crippen LogP contribution in [0, 0.1) is 20.2 Å². The third-order valence-electron chi connectivity index (χ3n) is 2.14. The van der Waals surface area contributed by atoms with E-state index in [9.17, 15) is 20.2 Å². The number of rotatable bonds is 3. The van der Waals surface area contributed by atoms with E-state index in [1.165, 1.54) is 24.3 Å². The number of nitrogens with two attached hydrogens (primary N) is 1. The van der Waals surface area contributed by atoms with Crippen LogP contribution in [0.25, 0.3) is 11.3 Å². The largest absolute Gasteiger partial charge is 0.375 e. The standard InChI is InChI=1S/C9H6N4O4S/c10-9-11-7(8(18-9)13(16)17)5-1-3-6(4-2-5)12(14)15/h1-4H,(H2,10,11). The van der Waals surface area contributed by atoms with E-state index in [1.54, 1.807) is 0 Å². The monoisotopic (exact) mass is 266 g/mol. The molecule has 1 heterocycles. The van der Waals surface area contributed by atoms with Gasteiger partial charge in [0.15, 0.2) is 10.8 Å². The third kappa shape index (κ3) is 2.11. The summed E-state index contributed by atoms with van der Waals surface area (Å²) in [4.78, 5) is 24.0. The van der Waals surface area contributed by atoms with Gasteiger partial charge in [-0.25, -0.2) is 4.98 Å². The summed E-state index contributed by atoms with van der Waals surface area (Å²) in [6.07, 6.45) is 0. The summed E-state index contributed by atoms with van der Waals surface area (Å²) in [5.74, 6) is 0. The zero-order chi connectivity index (χ0) is 13.3. The fourth-order valence-corrected chi connectivity index (χ4v) is 2.05. The van der Waals surface area contributed by atoms with Crippen LogP contribution in [0.1, 0.15) is 0 Å². The number of thiazole rings is 1. The number of non-ortho nitro benzene ring substituents is 1. The Bertz CT molecular complexity index is 622. The summed E-state index contributed by atoms with van der Waals surface area (Å²) in [7, 11) is 0. The van der Waals surface area contributed by atoms with Crippen molar-refractivity contribution in [2.75, 3.05) is 5.73 Å². The Morgan fingerprint density at radius 2 is 1.72 bits per heavy atom. The Balaban J connectivity index is 2.48. The van der Waals surface area contributed by atoms with Crippen LogP contribution < -0.4 is 5.73 Å². The Labute approximate surface area is 104 Å². The van der Waals surface area contributed by atoms with Crippen LogP contribution in [-0.4, -0.2) is 14.8 Å². The van der Waals surface area contributed by atoms with E-state index in [4.69, 9.17) is 5.73 Å². The van der Waals surface area contributed by atoms with Gasteiger partial charge >= 0.3 is 5.00 Å². The van der Waals surface area contributed by atoms with Crippen molar-refractivity contribution < 1.29 is 9.85 Å². The molecule has 0 atom stereocenters. The van der Waals surface area contributed by atoms with Gasteiger partial charge in [0.1, 0.15) is 0 Å². The van der Waals surface area contributed by atoms with Crippen LogP contribution in [0.5, 0.6) is 0 Å². The molecule has 0 bridgehead atoms. The molecule has 9 heteroatoms.